The molecule has 3 aromatic carbocycles. The van der Waals surface area contributed by atoms with Crippen LogP contribution in [0.3, 0.4) is 0 Å². The van der Waals surface area contributed by atoms with Gasteiger partial charge in [-0.15, -0.1) is 0 Å². The number of nitrogens with one attached hydrogen (secondary N) is 1. The van der Waals surface area contributed by atoms with Crippen LogP contribution in [0.4, 0.5) is 5.95 Å². The first kappa shape index (κ1) is 21.6. The summed E-state index contributed by atoms with van der Waals surface area (Å²) in [7, 11) is 3.25. The molecule has 1 N–H and O–H groups in total. The van der Waals surface area contributed by atoms with Gasteiger partial charge < -0.3 is 19.5 Å². The maximum Gasteiger partial charge on any atom is 0.338 e. The average molecular weight is 456 g/mol. The van der Waals surface area contributed by atoms with Crippen LogP contribution in [-0.2, 0) is 9.53 Å². The topological polar surface area (TPSA) is 74.6 Å². The van der Waals surface area contributed by atoms with Crippen molar-refractivity contribution in [2.24, 2.45) is 0 Å². The van der Waals surface area contributed by atoms with Crippen molar-refractivity contribution in [1.29, 1.82) is 0 Å². The minimum atomic E-state index is -0.477. The van der Waals surface area contributed by atoms with Gasteiger partial charge >= 0.3 is 5.97 Å². The van der Waals surface area contributed by atoms with Crippen LogP contribution in [0.15, 0.2) is 78.4 Å². The lowest BCUT2D eigenvalue weighted by Gasteiger charge is -2.31. The fourth-order valence-electron chi connectivity index (χ4n) is 4.37. The zero-order valence-electron chi connectivity index (χ0n) is 19.2. The summed E-state index contributed by atoms with van der Waals surface area (Å²) in [5.74, 6) is 1.69. The van der Waals surface area contributed by atoms with E-state index in [4.69, 9.17) is 19.2 Å². The number of hydrogen-bond donors (Lipinski definition) is 1. The highest BCUT2D eigenvalue weighted by Crippen LogP contribution is 2.43. The number of rotatable bonds is 6. The van der Waals surface area contributed by atoms with Gasteiger partial charge in [0.2, 0.25) is 5.95 Å². The van der Waals surface area contributed by atoms with E-state index in [1.54, 1.807) is 21.1 Å². The van der Waals surface area contributed by atoms with Gasteiger partial charge in [0.15, 0.2) is 0 Å². The van der Waals surface area contributed by atoms with E-state index < -0.39 is 12.0 Å². The monoisotopic (exact) mass is 455 g/mol. The molecule has 7 nitrogen and oxygen atoms in total. The van der Waals surface area contributed by atoms with Crippen molar-refractivity contribution in [1.82, 2.24) is 9.55 Å². The highest BCUT2D eigenvalue weighted by Gasteiger charge is 2.36. The number of nitrogens with zero attached hydrogens (tertiary/aromatic N) is 2. The Morgan fingerprint density at radius 3 is 2.47 bits per heavy atom. The molecule has 2 heterocycles. The normalized spacial score (nSPS) is 15.0. The molecular weight excluding hydrogens is 430 g/mol. The van der Waals surface area contributed by atoms with Crippen LogP contribution in [0.1, 0.15) is 24.1 Å². The Hall–Kier alpha value is -4.26. The third kappa shape index (κ3) is 3.65. The third-order valence-corrected chi connectivity index (χ3v) is 5.92. The van der Waals surface area contributed by atoms with Crippen LogP contribution < -0.4 is 14.8 Å². The first-order valence-corrected chi connectivity index (χ1v) is 11.1. The smallest absolute Gasteiger partial charge is 0.338 e. The van der Waals surface area contributed by atoms with Gasteiger partial charge in [-0.1, -0.05) is 24.3 Å². The molecule has 172 valence electrons. The highest BCUT2D eigenvalue weighted by molar-refractivity contribution is 6.03. The van der Waals surface area contributed by atoms with E-state index in [0.29, 0.717) is 23.0 Å². The van der Waals surface area contributed by atoms with Crippen LogP contribution in [0.5, 0.6) is 11.5 Å². The number of aromatic nitrogens is 2. The molecule has 0 bridgehead atoms. The largest absolute Gasteiger partial charge is 0.497 e. The molecule has 34 heavy (non-hydrogen) atoms. The van der Waals surface area contributed by atoms with Gasteiger partial charge in [0.05, 0.1) is 49.2 Å². The molecule has 0 unspecified atom stereocenters. The van der Waals surface area contributed by atoms with Crippen molar-refractivity contribution in [3.63, 3.8) is 0 Å². The van der Waals surface area contributed by atoms with Crippen LogP contribution in [0.25, 0.3) is 16.7 Å². The summed E-state index contributed by atoms with van der Waals surface area (Å²) in [6, 6.07) is 22.7. The Bertz CT molecular complexity index is 1390. The zero-order valence-corrected chi connectivity index (χ0v) is 19.2. The number of para-hydroxylation sites is 2. The molecule has 0 fully saturated rings. The minimum absolute atomic E-state index is 0.264. The Morgan fingerprint density at radius 2 is 1.74 bits per heavy atom. The Kier molecular flexibility index (Phi) is 5.67. The molecule has 0 radical (unpaired) electrons. The molecule has 7 heteroatoms. The lowest BCUT2D eigenvalue weighted by Crippen LogP contribution is -2.29. The molecule has 0 saturated heterocycles. The lowest BCUT2D eigenvalue weighted by atomic mass is 9.92. The molecule has 0 saturated carbocycles. The van der Waals surface area contributed by atoms with E-state index in [2.05, 4.69) is 5.32 Å². The van der Waals surface area contributed by atoms with E-state index in [-0.39, 0.29) is 6.61 Å². The van der Waals surface area contributed by atoms with Gasteiger partial charge in [-0.3, -0.25) is 4.57 Å². The molecule has 1 atom stereocenters. The standard InChI is InChI=1S/C27H25N3O4/c1-4-34-26(31)23-24(17-12-14-19(32-2)15-13-17)29-27-28-21-10-5-6-11-22(21)30(27)25(23)18-8-7-9-20(16-18)33-3/h5-16,25H,4H2,1-3H3,(H,28,29)/t25-/m1/s1. The van der Waals surface area contributed by atoms with Crippen molar-refractivity contribution in [2.75, 3.05) is 26.1 Å². The second kappa shape index (κ2) is 8.94. The number of imidazole rings is 1. The first-order valence-electron chi connectivity index (χ1n) is 11.1. The molecular formula is C27H25N3O4. The number of benzene rings is 3. The maximum absolute atomic E-state index is 13.5. The number of esters is 1. The van der Waals surface area contributed by atoms with Crippen LogP contribution in [-0.4, -0.2) is 36.3 Å². The van der Waals surface area contributed by atoms with E-state index in [0.717, 1.165) is 27.9 Å². The third-order valence-electron chi connectivity index (χ3n) is 5.92. The Labute approximate surface area is 197 Å². The number of ether oxygens (including phenoxy) is 3. The van der Waals surface area contributed by atoms with Gasteiger partial charge in [0, 0.05) is 0 Å². The van der Waals surface area contributed by atoms with E-state index >= 15 is 0 Å². The van der Waals surface area contributed by atoms with Gasteiger partial charge in [-0.05, 0) is 66.6 Å². The number of carbonyl (C=O) groups is 1. The number of carbonyl (C=O) groups excluding carboxylic acids is 1. The second-order valence-electron chi connectivity index (χ2n) is 7.84. The second-order valence-corrected chi connectivity index (χ2v) is 7.84. The van der Waals surface area contributed by atoms with E-state index in [1.165, 1.54) is 0 Å². The lowest BCUT2D eigenvalue weighted by molar-refractivity contribution is -0.138. The summed E-state index contributed by atoms with van der Waals surface area (Å²) in [4.78, 5) is 18.3. The molecule has 1 aliphatic heterocycles. The molecule has 0 amide bonds. The van der Waals surface area contributed by atoms with Crippen molar-refractivity contribution in [2.45, 2.75) is 13.0 Å². The van der Waals surface area contributed by atoms with E-state index in [9.17, 15) is 4.79 Å². The summed E-state index contributed by atoms with van der Waals surface area (Å²) < 4.78 is 18.4. The predicted molar refractivity (Wildman–Crippen MR) is 131 cm³/mol. The van der Waals surface area contributed by atoms with Crippen molar-refractivity contribution < 1.29 is 19.0 Å². The van der Waals surface area contributed by atoms with Crippen molar-refractivity contribution in [3.05, 3.63) is 89.5 Å². The highest BCUT2D eigenvalue weighted by atomic mass is 16.5. The Balaban J connectivity index is 1.81. The summed E-state index contributed by atoms with van der Waals surface area (Å²) in [6.45, 7) is 2.07. The summed E-state index contributed by atoms with van der Waals surface area (Å²) in [5.41, 5.74) is 4.60. The number of hydrogen-bond acceptors (Lipinski definition) is 6. The van der Waals surface area contributed by atoms with Gasteiger partial charge in [-0.2, -0.15) is 0 Å². The molecule has 1 aromatic heterocycles. The fourth-order valence-corrected chi connectivity index (χ4v) is 4.37. The molecule has 4 aromatic rings. The van der Waals surface area contributed by atoms with Gasteiger partial charge in [0.1, 0.15) is 11.5 Å². The summed E-state index contributed by atoms with van der Waals surface area (Å²) in [5, 5.41) is 3.42. The molecule has 0 aliphatic carbocycles. The van der Waals surface area contributed by atoms with Crippen LogP contribution in [0, 0.1) is 0 Å². The summed E-state index contributed by atoms with van der Waals surface area (Å²) >= 11 is 0. The predicted octanol–water partition coefficient (Wildman–Crippen LogP) is 5.04. The maximum atomic E-state index is 13.5. The van der Waals surface area contributed by atoms with E-state index in [1.807, 2.05) is 77.4 Å². The van der Waals surface area contributed by atoms with Crippen LogP contribution in [0.2, 0.25) is 0 Å². The first-order chi connectivity index (χ1) is 16.6. The fraction of sp³-hybridized carbons (Fsp3) is 0.185. The number of methoxy groups -OCH3 is 2. The number of fused-ring (bicyclic) bond motifs is 3. The SMILES string of the molecule is CCOC(=O)C1=C(c2ccc(OC)cc2)Nc2nc3ccccc3n2[C@@H]1c1cccc(OC)c1. The molecule has 5 rings (SSSR count). The minimum Gasteiger partial charge on any atom is -0.497 e. The Morgan fingerprint density at radius 1 is 0.971 bits per heavy atom. The number of anilines is 1. The van der Waals surface area contributed by atoms with Gasteiger partial charge in [-0.25, -0.2) is 9.78 Å². The average Bonchev–Trinajstić information content (AvgIpc) is 3.26. The van der Waals surface area contributed by atoms with Crippen LogP contribution >= 0.6 is 0 Å². The van der Waals surface area contributed by atoms with Crippen molar-refractivity contribution >= 4 is 28.6 Å². The molecule has 0 spiro atoms. The zero-order chi connectivity index (χ0) is 23.7. The van der Waals surface area contributed by atoms with Crippen molar-refractivity contribution in [3.8, 4) is 11.5 Å². The van der Waals surface area contributed by atoms with Gasteiger partial charge in [0.25, 0.3) is 0 Å². The molecule has 1 aliphatic rings. The summed E-state index contributed by atoms with van der Waals surface area (Å²) in [6.07, 6.45) is 0. The quantitative estimate of drug-likeness (QED) is 0.411.